The molecule has 0 aliphatic carbocycles. The van der Waals surface area contributed by atoms with Gasteiger partial charge in [0.15, 0.2) is 5.17 Å². The Labute approximate surface area is 199 Å². The fourth-order valence-corrected chi connectivity index (χ4v) is 4.31. The van der Waals surface area contributed by atoms with Crippen molar-refractivity contribution in [1.82, 2.24) is 14.3 Å². The number of aliphatic imine (C=N–C) groups is 1. The molecule has 0 radical (unpaired) electrons. The van der Waals surface area contributed by atoms with Crippen LogP contribution in [0, 0.1) is 0 Å². The maximum absolute atomic E-state index is 12.5. The highest BCUT2D eigenvalue weighted by molar-refractivity contribution is 8.18. The number of carbonyl (C=O) groups excluding carboxylic acids is 1. The summed E-state index contributed by atoms with van der Waals surface area (Å²) < 4.78 is 3.79. The number of anilines is 1. The van der Waals surface area contributed by atoms with E-state index in [0.29, 0.717) is 21.3 Å². The van der Waals surface area contributed by atoms with Crippen LogP contribution in [0.25, 0.3) is 17.6 Å². The van der Waals surface area contributed by atoms with Gasteiger partial charge in [-0.25, -0.2) is 4.68 Å². The monoisotopic (exact) mass is 469 g/mol. The first-order chi connectivity index (χ1) is 16.5. The van der Waals surface area contributed by atoms with Crippen LogP contribution in [0.1, 0.15) is 11.3 Å². The number of amidine groups is 1. The van der Waals surface area contributed by atoms with Crippen LogP contribution in [0.5, 0.6) is 0 Å². The average Bonchev–Trinajstić information content (AvgIpc) is 3.56. The summed E-state index contributed by atoms with van der Waals surface area (Å²) in [4.78, 5) is 27.9. The van der Waals surface area contributed by atoms with Crippen LogP contribution in [0.3, 0.4) is 0 Å². The summed E-state index contributed by atoms with van der Waals surface area (Å²) in [5.74, 6) is -0.377. The Balaban J connectivity index is 1.36. The van der Waals surface area contributed by atoms with Crippen molar-refractivity contribution in [3.05, 3.63) is 101 Å². The molecule has 0 fully saturated rings. The van der Waals surface area contributed by atoms with E-state index in [2.05, 4.69) is 10.3 Å². The van der Waals surface area contributed by atoms with Gasteiger partial charge in [0.1, 0.15) is 5.82 Å². The van der Waals surface area contributed by atoms with Gasteiger partial charge in [0.25, 0.3) is 5.91 Å². The Morgan fingerprint density at radius 2 is 1.76 bits per heavy atom. The molecule has 168 valence electrons. The van der Waals surface area contributed by atoms with Crippen molar-refractivity contribution in [2.75, 3.05) is 5.32 Å². The molecule has 3 heterocycles. The molecule has 4 aromatic rings. The van der Waals surface area contributed by atoms with E-state index < -0.39 is 5.97 Å². The van der Waals surface area contributed by atoms with E-state index in [1.165, 1.54) is 11.8 Å². The van der Waals surface area contributed by atoms with Gasteiger partial charge in [-0.15, -0.1) is 0 Å². The zero-order valence-electron chi connectivity index (χ0n) is 17.8. The number of para-hydroxylation sites is 1. The third-order valence-electron chi connectivity index (χ3n) is 5.04. The molecule has 2 N–H and O–H groups in total. The minimum Gasteiger partial charge on any atom is -0.481 e. The lowest BCUT2D eigenvalue weighted by Gasteiger charge is -2.07. The summed E-state index contributed by atoms with van der Waals surface area (Å²) in [6.45, 7) is 0. The second-order valence-corrected chi connectivity index (χ2v) is 8.52. The van der Waals surface area contributed by atoms with Crippen LogP contribution in [-0.2, 0) is 16.0 Å². The van der Waals surface area contributed by atoms with Gasteiger partial charge in [0.2, 0.25) is 0 Å². The lowest BCUT2D eigenvalue weighted by Crippen LogP contribution is -2.05. The number of thioether (sulfide) groups is 1. The van der Waals surface area contributed by atoms with Gasteiger partial charge in [-0.2, -0.15) is 10.1 Å². The molecule has 0 bridgehead atoms. The first-order valence-electron chi connectivity index (χ1n) is 10.4. The second kappa shape index (κ2) is 9.24. The zero-order chi connectivity index (χ0) is 23.5. The Kier molecular flexibility index (Phi) is 5.84. The number of carboxylic acids is 1. The molecule has 1 amide bonds. The fourth-order valence-electron chi connectivity index (χ4n) is 3.49. The van der Waals surface area contributed by atoms with E-state index in [1.54, 1.807) is 30.3 Å². The van der Waals surface area contributed by atoms with Gasteiger partial charge in [-0.3, -0.25) is 9.59 Å². The molecule has 34 heavy (non-hydrogen) atoms. The smallest absolute Gasteiger partial charge is 0.307 e. The van der Waals surface area contributed by atoms with Crippen molar-refractivity contribution < 1.29 is 14.7 Å². The second-order valence-electron chi connectivity index (χ2n) is 7.49. The van der Waals surface area contributed by atoms with Crippen LogP contribution in [0.15, 0.2) is 95.1 Å². The number of carbonyl (C=O) groups is 2. The number of rotatable bonds is 6. The Hall–Kier alpha value is -4.37. The number of aromatic nitrogens is 3. The highest BCUT2D eigenvalue weighted by Gasteiger charge is 2.23. The number of hydrogen-bond donors (Lipinski definition) is 2. The number of benzene rings is 2. The maximum Gasteiger partial charge on any atom is 0.307 e. The third-order valence-corrected chi connectivity index (χ3v) is 5.94. The number of carboxylic acid groups (broad SMARTS) is 1. The van der Waals surface area contributed by atoms with Crippen LogP contribution in [0.2, 0.25) is 0 Å². The largest absolute Gasteiger partial charge is 0.481 e. The molecule has 2 aromatic heterocycles. The summed E-state index contributed by atoms with van der Waals surface area (Å²) in [7, 11) is 0. The quantitative estimate of drug-likeness (QED) is 0.407. The zero-order valence-corrected chi connectivity index (χ0v) is 18.6. The molecule has 0 atom stereocenters. The van der Waals surface area contributed by atoms with Crippen LogP contribution in [0.4, 0.5) is 5.69 Å². The molecular weight excluding hydrogens is 450 g/mol. The molecule has 1 aliphatic rings. The fraction of sp³-hybridized carbons (Fsp3) is 0.0400. The van der Waals surface area contributed by atoms with Crippen molar-refractivity contribution in [2.45, 2.75) is 6.42 Å². The number of aliphatic carboxylic acids is 1. The van der Waals surface area contributed by atoms with E-state index in [-0.39, 0.29) is 12.3 Å². The van der Waals surface area contributed by atoms with Crippen molar-refractivity contribution in [1.29, 1.82) is 0 Å². The van der Waals surface area contributed by atoms with Gasteiger partial charge < -0.3 is 15.0 Å². The standard InChI is InChI=1S/C25H19N5O3S/c31-23(32)14-17-8-10-18(11-9-17)26-25-27-24(33)21(34-25)15-19-16-22(29-12-4-5-13-29)30(28-19)20-6-2-1-3-7-20/h1-13,15-16H,14H2,(H,31,32)(H,26,27,33). The summed E-state index contributed by atoms with van der Waals surface area (Å²) in [6.07, 6.45) is 5.57. The molecule has 1 aliphatic heterocycles. The molecule has 0 saturated carbocycles. The molecule has 9 heteroatoms. The molecule has 5 rings (SSSR count). The normalized spacial score (nSPS) is 14.4. The van der Waals surface area contributed by atoms with Gasteiger partial charge in [-0.05, 0) is 59.8 Å². The van der Waals surface area contributed by atoms with Crippen LogP contribution < -0.4 is 5.32 Å². The van der Waals surface area contributed by atoms with E-state index in [1.807, 2.05) is 70.2 Å². The van der Waals surface area contributed by atoms with E-state index >= 15 is 0 Å². The summed E-state index contributed by atoms with van der Waals surface area (Å²) >= 11 is 1.23. The van der Waals surface area contributed by atoms with Crippen molar-refractivity contribution >= 4 is 40.6 Å². The van der Waals surface area contributed by atoms with Crippen LogP contribution in [-0.4, -0.2) is 36.5 Å². The van der Waals surface area contributed by atoms with Gasteiger partial charge in [0, 0.05) is 24.1 Å². The SMILES string of the molecule is O=C(O)Cc1ccc(NC2=NC(=O)C(=Cc3cc(-n4cccc4)n(-c4ccccc4)n3)S2)cc1. The Bertz CT molecular complexity index is 1400. The summed E-state index contributed by atoms with van der Waals surface area (Å²) in [5.41, 5.74) is 2.96. The number of amides is 1. The Morgan fingerprint density at radius 3 is 2.47 bits per heavy atom. The molecule has 0 saturated heterocycles. The van der Waals surface area contributed by atoms with Crippen LogP contribution >= 0.6 is 11.8 Å². The maximum atomic E-state index is 12.5. The highest BCUT2D eigenvalue weighted by atomic mass is 32.2. The molecular formula is C25H19N5O3S. The predicted octanol–water partition coefficient (Wildman–Crippen LogP) is 4.37. The number of nitrogens with zero attached hydrogens (tertiary/aromatic N) is 4. The number of nitrogens with one attached hydrogen (secondary N) is 1. The average molecular weight is 470 g/mol. The first kappa shape index (κ1) is 21.5. The predicted molar refractivity (Wildman–Crippen MR) is 132 cm³/mol. The first-order valence-corrected chi connectivity index (χ1v) is 11.3. The van der Waals surface area contributed by atoms with Gasteiger partial charge in [-0.1, -0.05) is 30.3 Å². The molecule has 0 spiro atoms. The highest BCUT2D eigenvalue weighted by Crippen LogP contribution is 2.30. The lowest BCUT2D eigenvalue weighted by molar-refractivity contribution is -0.136. The molecule has 0 unspecified atom stereocenters. The van der Waals surface area contributed by atoms with E-state index in [9.17, 15) is 9.59 Å². The lowest BCUT2D eigenvalue weighted by atomic mass is 10.1. The van der Waals surface area contributed by atoms with E-state index in [0.717, 1.165) is 17.2 Å². The van der Waals surface area contributed by atoms with E-state index in [4.69, 9.17) is 10.2 Å². The number of hydrogen-bond acceptors (Lipinski definition) is 5. The third kappa shape index (κ3) is 4.69. The minimum absolute atomic E-state index is 0.0397. The molecule has 2 aromatic carbocycles. The topological polar surface area (TPSA) is 102 Å². The van der Waals surface area contributed by atoms with Gasteiger partial charge in [0.05, 0.1) is 22.7 Å². The summed E-state index contributed by atoms with van der Waals surface area (Å²) in [6, 6.07) is 22.6. The van der Waals surface area contributed by atoms with Gasteiger partial charge >= 0.3 is 5.97 Å². The Morgan fingerprint density at radius 1 is 1.03 bits per heavy atom. The summed E-state index contributed by atoms with van der Waals surface area (Å²) in [5, 5.41) is 17.2. The van der Waals surface area contributed by atoms with Crippen molar-refractivity contribution in [3.63, 3.8) is 0 Å². The van der Waals surface area contributed by atoms with Crippen molar-refractivity contribution in [3.8, 4) is 11.5 Å². The molecule has 8 nitrogen and oxygen atoms in total. The van der Waals surface area contributed by atoms with Crippen molar-refractivity contribution in [2.24, 2.45) is 4.99 Å². The minimum atomic E-state index is -0.883.